The summed E-state index contributed by atoms with van der Waals surface area (Å²) in [4.78, 5) is 2.62. The van der Waals surface area contributed by atoms with Gasteiger partial charge in [-0.15, -0.1) is 0 Å². The number of alkyl halides is 2. The van der Waals surface area contributed by atoms with E-state index in [1.807, 2.05) is 0 Å². The molecule has 1 saturated heterocycles. The molecule has 3 unspecified atom stereocenters. The molecule has 0 radical (unpaired) electrons. The molecule has 0 spiro atoms. The van der Waals surface area contributed by atoms with Crippen molar-refractivity contribution in [3.05, 3.63) is 0 Å². The van der Waals surface area contributed by atoms with Gasteiger partial charge in [-0.2, -0.15) is 0 Å². The minimum Gasteiger partial charge on any atom is -0.300 e. The van der Waals surface area contributed by atoms with Crippen molar-refractivity contribution in [3.8, 4) is 0 Å². The van der Waals surface area contributed by atoms with Crippen LogP contribution >= 0.6 is 45.2 Å². The van der Waals surface area contributed by atoms with Gasteiger partial charge >= 0.3 is 0 Å². The van der Waals surface area contributed by atoms with Crippen LogP contribution in [0.3, 0.4) is 0 Å². The number of hydrogen-bond acceptors (Lipinski definition) is 1. The standard InChI is InChI=1S/C18H33I2N/c1-12(2)21-10-17(11-21)18(5,20)9-13(3)15-6-7-16(8-15)14(4)19/h12-17H,6-11H2,1-5H3/t13?,14-,15?,16?,18+/m0/s1. The van der Waals surface area contributed by atoms with Crippen molar-refractivity contribution in [1.29, 1.82) is 0 Å². The number of nitrogens with zero attached hydrogens (tertiary/aromatic N) is 1. The highest BCUT2D eigenvalue weighted by Crippen LogP contribution is 2.46. The van der Waals surface area contributed by atoms with Crippen molar-refractivity contribution in [3.63, 3.8) is 0 Å². The molecule has 2 fully saturated rings. The minimum absolute atomic E-state index is 0.497. The van der Waals surface area contributed by atoms with Gasteiger partial charge in [-0.05, 0) is 63.2 Å². The Morgan fingerprint density at radius 1 is 1.10 bits per heavy atom. The second kappa shape index (κ2) is 7.54. The quantitative estimate of drug-likeness (QED) is 0.319. The van der Waals surface area contributed by atoms with Crippen LogP contribution in [-0.2, 0) is 0 Å². The van der Waals surface area contributed by atoms with Crippen LogP contribution in [0.1, 0.15) is 60.3 Å². The Morgan fingerprint density at radius 3 is 2.14 bits per heavy atom. The first-order valence-electron chi connectivity index (χ1n) is 8.77. The van der Waals surface area contributed by atoms with E-state index in [9.17, 15) is 0 Å². The molecule has 1 aliphatic heterocycles. The van der Waals surface area contributed by atoms with Crippen LogP contribution in [0, 0.1) is 23.7 Å². The first kappa shape index (κ1) is 18.8. The third-order valence-electron chi connectivity index (χ3n) is 6.18. The summed E-state index contributed by atoms with van der Waals surface area (Å²) >= 11 is 5.41. The van der Waals surface area contributed by atoms with E-state index in [0.717, 1.165) is 33.6 Å². The van der Waals surface area contributed by atoms with Crippen molar-refractivity contribution in [1.82, 2.24) is 4.90 Å². The Morgan fingerprint density at radius 2 is 1.67 bits per heavy atom. The van der Waals surface area contributed by atoms with Crippen molar-refractivity contribution in [2.75, 3.05) is 13.1 Å². The summed E-state index contributed by atoms with van der Waals surface area (Å²) in [7, 11) is 0. The van der Waals surface area contributed by atoms with Crippen LogP contribution in [0.15, 0.2) is 0 Å². The SMILES string of the molecule is CC(C[C@@](C)(I)C1CN(C(C)C)C1)C1CCC([C@H](C)I)C1. The van der Waals surface area contributed by atoms with Gasteiger partial charge in [0.05, 0.1) is 0 Å². The van der Waals surface area contributed by atoms with Crippen LogP contribution in [0.4, 0.5) is 0 Å². The Hall–Kier alpha value is 1.42. The maximum Gasteiger partial charge on any atom is 0.0249 e. The third-order valence-corrected chi connectivity index (χ3v) is 8.52. The predicted molar refractivity (Wildman–Crippen MR) is 111 cm³/mol. The highest BCUT2D eigenvalue weighted by molar-refractivity contribution is 14.1. The van der Waals surface area contributed by atoms with Crippen LogP contribution < -0.4 is 0 Å². The normalized spacial score (nSPS) is 33.7. The zero-order valence-corrected chi connectivity index (χ0v) is 18.7. The van der Waals surface area contributed by atoms with Crippen molar-refractivity contribution < 1.29 is 0 Å². The molecule has 124 valence electrons. The molecule has 3 heteroatoms. The Balaban J connectivity index is 1.81. The average molecular weight is 517 g/mol. The van der Waals surface area contributed by atoms with Gasteiger partial charge < -0.3 is 4.90 Å². The Kier molecular flexibility index (Phi) is 6.73. The zero-order chi connectivity index (χ0) is 15.8. The molecule has 1 heterocycles. The summed E-state index contributed by atoms with van der Waals surface area (Å²) in [5.74, 6) is 3.78. The van der Waals surface area contributed by atoms with Gasteiger partial charge in [0.15, 0.2) is 0 Å². The monoisotopic (exact) mass is 517 g/mol. The molecule has 0 bridgehead atoms. The fourth-order valence-electron chi connectivity index (χ4n) is 4.26. The summed E-state index contributed by atoms with van der Waals surface area (Å²) in [5.41, 5.74) is 0. The second-order valence-corrected chi connectivity index (χ2v) is 12.6. The lowest BCUT2D eigenvalue weighted by Gasteiger charge is -2.49. The molecule has 0 aromatic heterocycles. The molecule has 21 heavy (non-hydrogen) atoms. The van der Waals surface area contributed by atoms with Gasteiger partial charge in [0.2, 0.25) is 0 Å². The van der Waals surface area contributed by atoms with Gasteiger partial charge in [-0.1, -0.05) is 66.0 Å². The fourth-order valence-corrected chi connectivity index (χ4v) is 6.01. The van der Waals surface area contributed by atoms with Gasteiger partial charge in [-0.25, -0.2) is 0 Å². The Bertz CT molecular complexity index is 334. The molecule has 2 rings (SSSR count). The fraction of sp³-hybridized carbons (Fsp3) is 1.00. The first-order chi connectivity index (χ1) is 9.70. The van der Waals surface area contributed by atoms with Gasteiger partial charge in [0.1, 0.15) is 0 Å². The molecule has 5 atom stereocenters. The van der Waals surface area contributed by atoms with E-state index >= 15 is 0 Å². The summed E-state index contributed by atoms with van der Waals surface area (Å²) < 4.78 is 1.35. The lowest BCUT2D eigenvalue weighted by molar-refractivity contribution is 0.0437. The van der Waals surface area contributed by atoms with E-state index in [0.29, 0.717) is 3.42 Å². The van der Waals surface area contributed by atoms with E-state index in [-0.39, 0.29) is 0 Å². The molecule has 1 saturated carbocycles. The van der Waals surface area contributed by atoms with Crippen LogP contribution in [0.25, 0.3) is 0 Å². The summed E-state index contributed by atoms with van der Waals surface area (Å²) in [6, 6.07) is 0.728. The van der Waals surface area contributed by atoms with Crippen LogP contribution in [0.2, 0.25) is 0 Å². The summed E-state index contributed by atoms with van der Waals surface area (Å²) in [6.07, 6.45) is 5.86. The summed E-state index contributed by atoms with van der Waals surface area (Å²) in [5, 5.41) is 0. The predicted octanol–water partition coefficient (Wildman–Crippen LogP) is 5.79. The molecular weight excluding hydrogens is 484 g/mol. The lowest BCUT2D eigenvalue weighted by atomic mass is 9.77. The van der Waals surface area contributed by atoms with Crippen molar-refractivity contribution in [2.24, 2.45) is 23.7 Å². The molecule has 2 aliphatic rings. The van der Waals surface area contributed by atoms with Crippen LogP contribution in [0.5, 0.6) is 0 Å². The molecule has 0 amide bonds. The van der Waals surface area contributed by atoms with Crippen LogP contribution in [-0.4, -0.2) is 31.4 Å². The van der Waals surface area contributed by atoms with E-state index in [2.05, 4.69) is 84.7 Å². The number of halogens is 2. The molecule has 0 aromatic rings. The lowest BCUT2D eigenvalue weighted by Crippen LogP contribution is -2.57. The number of hydrogen-bond donors (Lipinski definition) is 0. The highest BCUT2D eigenvalue weighted by atomic mass is 127. The molecule has 0 N–H and O–H groups in total. The number of rotatable bonds is 6. The van der Waals surface area contributed by atoms with Gasteiger partial charge in [0.25, 0.3) is 0 Å². The zero-order valence-electron chi connectivity index (χ0n) is 14.4. The minimum atomic E-state index is 0.497. The van der Waals surface area contributed by atoms with E-state index in [1.165, 1.54) is 38.8 Å². The van der Waals surface area contributed by atoms with Gasteiger partial charge in [0, 0.05) is 26.5 Å². The molecule has 1 nitrogen and oxygen atoms in total. The largest absolute Gasteiger partial charge is 0.300 e. The smallest absolute Gasteiger partial charge is 0.0249 e. The second-order valence-electron chi connectivity index (χ2n) is 8.21. The van der Waals surface area contributed by atoms with E-state index in [4.69, 9.17) is 0 Å². The summed E-state index contributed by atoms with van der Waals surface area (Å²) in [6.45, 7) is 14.7. The average Bonchev–Trinajstić information content (AvgIpc) is 2.73. The topological polar surface area (TPSA) is 3.24 Å². The van der Waals surface area contributed by atoms with Crippen molar-refractivity contribution in [2.45, 2.75) is 73.7 Å². The molecular formula is C18H33I2N. The van der Waals surface area contributed by atoms with Crippen molar-refractivity contribution >= 4 is 45.2 Å². The third kappa shape index (κ3) is 4.71. The molecule has 0 aromatic carbocycles. The first-order valence-corrected chi connectivity index (χ1v) is 11.1. The maximum absolute atomic E-state index is 2.78. The number of likely N-dealkylation sites (tertiary alicyclic amines) is 1. The highest BCUT2D eigenvalue weighted by Gasteiger charge is 2.43. The van der Waals surface area contributed by atoms with Gasteiger partial charge in [-0.3, -0.25) is 0 Å². The van der Waals surface area contributed by atoms with E-state index < -0.39 is 0 Å². The maximum atomic E-state index is 2.78. The molecule has 1 aliphatic carbocycles. The van der Waals surface area contributed by atoms with E-state index in [1.54, 1.807) is 0 Å². The Labute approximate surface area is 159 Å².